The summed E-state index contributed by atoms with van der Waals surface area (Å²) < 4.78 is 16.6. The van der Waals surface area contributed by atoms with Crippen molar-refractivity contribution in [2.45, 2.75) is 33.6 Å². The molecule has 0 radical (unpaired) electrons. The third kappa shape index (κ3) is 4.27. The first kappa shape index (κ1) is 23.0. The van der Waals surface area contributed by atoms with E-state index in [1.165, 1.54) is 0 Å². The Bertz CT molecular complexity index is 1460. The van der Waals surface area contributed by atoms with Gasteiger partial charge in [0.05, 0.1) is 7.11 Å². The van der Waals surface area contributed by atoms with E-state index in [0.717, 1.165) is 52.2 Å². The summed E-state index contributed by atoms with van der Waals surface area (Å²) in [6.07, 6.45) is 0.648. The number of amides is 1. The molecule has 1 fully saturated rings. The molecule has 1 amide bonds. The average Bonchev–Trinajstić information content (AvgIpc) is 3.15. The molecule has 2 aromatic heterocycles. The van der Waals surface area contributed by atoms with Gasteiger partial charge in [-0.25, -0.2) is 4.79 Å². The Labute approximate surface area is 203 Å². The smallest absolute Gasteiger partial charge is 0.339 e. The van der Waals surface area contributed by atoms with Crippen molar-refractivity contribution < 1.29 is 18.4 Å². The van der Waals surface area contributed by atoms with Gasteiger partial charge in [0, 0.05) is 60.7 Å². The van der Waals surface area contributed by atoms with Crippen LogP contribution in [-0.4, -0.2) is 44.1 Å². The fourth-order valence-electron chi connectivity index (χ4n) is 4.91. The lowest BCUT2D eigenvalue weighted by Crippen LogP contribution is -2.48. The number of nitrogens with zero attached hydrogens (tertiary/aromatic N) is 2. The molecular weight excluding hydrogens is 444 g/mol. The van der Waals surface area contributed by atoms with Gasteiger partial charge in [0.15, 0.2) is 0 Å². The first-order valence-corrected chi connectivity index (χ1v) is 12.0. The Kier molecular flexibility index (Phi) is 6.01. The maximum Gasteiger partial charge on any atom is 0.339 e. The van der Waals surface area contributed by atoms with Crippen LogP contribution in [-0.2, 0) is 11.2 Å². The topological polar surface area (TPSA) is 76.1 Å². The Morgan fingerprint density at radius 3 is 2.26 bits per heavy atom. The lowest BCUT2D eigenvalue weighted by atomic mass is 10.00. The maximum atomic E-state index is 13.0. The molecule has 1 aliphatic heterocycles. The highest BCUT2D eigenvalue weighted by atomic mass is 16.5. The number of fused-ring (bicyclic) bond motifs is 2. The van der Waals surface area contributed by atoms with Gasteiger partial charge in [0.25, 0.3) is 0 Å². The first-order valence-electron chi connectivity index (χ1n) is 12.0. The first-order chi connectivity index (χ1) is 16.9. The van der Waals surface area contributed by atoms with E-state index in [-0.39, 0.29) is 18.0 Å². The van der Waals surface area contributed by atoms with E-state index in [9.17, 15) is 9.59 Å². The fraction of sp³-hybridized carbons (Fsp3) is 0.357. The average molecular weight is 475 g/mol. The van der Waals surface area contributed by atoms with Crippen molar-refractivity contribution in [1.29, 1.82) is 0 Å². The summed E-state index contributed by atoms with van der Waals surface area (Å²) in [6, 6.07) is 11.8. The molecule has 0 N–H and O–H groups in total. The summed E-state index contributed by atoms with van der Waals surface area (Å²) in [5, 5.41) is 1.90. The second-order valence-electron chi connectivity index (χ2n) is 9.19. The van der Waals surface area contributed by atoms with Gasteiger partial charge in [0.2, 0.25) is 5.91 Å². The molecule has 35 heavy (non-hydrogen) atoms. The molecule has 3 heterocycles. The van der Waals surface area contributed by atoms with Crippen LogP contribution in [0.4, 0.5) is 5.69 Å². The van der Waals surface area contributed by atoms with Gasteiger partial charge < -0.3 is 23.4 Å². The van der Waals surface area contributed by atoms with Gasteiger partial charge in [-0.05, 0) is 68.7 Å². The molecule has 0 unspecified atom stereocenters. The molecule has 1 aliphatic rings. The Morgan fingerprint density at radius 2 is 1.57 bits per heavy atom. The quantitative estimate of drug-likeness (QED) is 0.389. The molecule has 7 nitrogen and oxygen atoms in total. The molecule has 7 heteroatoms. The molecule has 0 aliphatic carbocycles. The number of carbonyl (C=O) groups excluding carboxylic acids is 1. The monoisotopic (exact) mass is 474 g/mol. The van der Waals surface area contributed by atoms with E-state index in [2.05, 4.69) is 4.90 Å². The SMILES string of the molecule is COc1ccc(N2CCN(C(=O)CCc3c(C)c4cc5c(C)c(C)oc5cc4oc3=O)CC2)cc1. The number of methoxy groups -OCH3 is 1. The number of rotatable bonds is 5. The Balaban J connectivity index is 1.27. The van der Waals surface area contributed by atoms with Crippen molar-refractivity contribution in [3.8, 4) is 5.75 Å². The summed E-state index contributed by atoms with van der Waals surface area (Å²) in [7, 11) is 1.66. The second-order valence-corrected chi connectivity index (χ2v) is 9.19. The molecule has 0 bridgehead atoms. The number of furan rings is 1. The van der Waals surface area contributed by atoms with Crippen molar-refractivity contribution in [1.82, 2.24) is 4.90 Å². The predicted octanol–water partition coefficient (Wildman–Crippen LogP) is 4.75. The van der Waals surface area contributed by atoms with Crippen LogP contribution in [0, 0.1) is 20.8 Å². The minimum absolute atomic E-state index is 0.0648. The van der Waals surface area contributed by atoms with Crippen molar-refractivity contribution in [2.24, 2.45) is 0 Å². The summed E-state index contributed by atoms with van der Waals surface area (Å²) in [6.45, 7) is 8.75. The number of piperazine rings is 1. The van der Waals surface area contributed by atoms with E-state index < -0.39 is 0 Å². The molecule has 182 valence electrons. The van der Waals surface area contributed by atoms with Crippen LogP contribution < -0.4 is 15.3 Å². The van der Waals surface area contributed by atoms with Gasteiger partial charge in [-0.3, -0.25) is 4.79 Å². The number of anilines is 1. The molecule has 0 saturated carbocycles. The third-order valence-electron chi connectivity index (χ3n) is 7.24. The van der Waals surface area contributed by atoms with Crippen LogP contribution in [0.3, 0.4) is 0 Å². The van der Waals surface area contributed by atoms with E-state index in [1.807, 2.05) is 56.0 Å². The summed E-state index contributed by atoms with van der Waals surface area (Å²) in [5.41, 5.74) is 4.49. The molecule has 2 aromatic carbocycles. The summed E-state index contributed by atoms with van der Waals surface area (Å²) in [4.78, 5) is 29.9. The van der Waals surface area contributed by atoms with Crippen molar-refractivity contribution in [2.75, 3.05) is 38.2 Å². The van der Waals surface area contributed by atoms with Crippen molar-refractivity contribution >= 4 is 33.5 Å². The van der Waals surface area contributed by atoms with Gasteiger partial charge >= 0.3 is 5.63 Å². The van der Waals surface area contributed by atoms with E-state index in [1.54, 1.807) is 13.2 Å². The third-order valence-corrected chi connectivity index (χ3v) is 7.24. The van der Waals surface area contributed by atoms with Crippen LogP contribution in [0.25, 0.3) is 21.9 Å². The highest BCUT2D eigenvalue weighted by molar-refractivity contribution is 5.96. The normalized spacial score (nSPS) is 14.2. The summed E-state index contributed by atoms with van der Waals surface area (Å²) in [5.74, 6) is 1.75. The molecule has 1 saturated heterocycles. The highest BCUT2D eigenvalue weighted by Crippen LogP contribution is 2.31. The zero-order chi connectivity index (χ0) is 24.7. The van der Waals surface area contributed by atoms with Crippen molar-refractivity contribution in [3.05, 3.63) is 69.3 Å². The van der Waals surface area contributed by atoms with Gasteiger partial charge in [-0.15, -0.1) is 0 Å². The van der Waals surface area contributed by atoms with Crippen LogP contribution in [0.15, 0.2) is 50.0 Å². The zero-order valence-corrected chi connectivity index (χ0v) is 20.6. The van der Waals surface area contributed by atoms with Gasteiger partial charge in [0.1, 0.15) is 22.7 Å². The number of hydrogen-bond acceptors (Lipinski definition) is 6. The number of hydrogen-bond donors (Lipinski definition) is 0. The maximum absolute atomic E-state index is 13.0. The molecule has 0 spiro atoms. The Morgan fingerprint density at radius 1 is 0.914 bits per heavy atom. The largest absolute Gasteiger partial charge is 0.497 e. The molecule has 4 aromatic rings. The van der Waals surface area contributed by atoms with Crippen LogP contribution in [0.5, 0.6) is 5.75 Å². The van der Waals surface area contributed by atoms with E-state index in [0.29, 0.717) is 36.2 Å². The second kappa shape index (κ2) is 9.13. The van der Waals surface area contributed by atoms with Crippen LogP contribution in [0.1, 0.15) is 28.9 Å². The van der Waals surface area contributed by atoms with Gasteiger partial charge in [-0.1, -0.05) is 0 Å². The van der Waals surface area contributed by atoms with Gasteiger partial charge in [-0.2, -0.15) is 0 Å². The Hall–Kier alpha value is -3.74. The highest BCUT2D eigenvalue weighted by Gasteiger charge is 2.22. The van der Waals surface area contributed by atoms with Crippen LogP contribution in [0.2, 0.25) is 0 Å². The minimum Gasteiger partial charge on any atom is -0.497 e. The molecule has 0 atom stereocenters. The van der Waals surface area contributed by atoms with E-state index >= 15 is 0 Å². The molecular formula is C28H30N2O5. The van der Waals surface area contributed by atoms with Crippen molar-refractivity contribution in [3.63, 3.8) is 0 Å². The molecule has 5 rings (SSSR count). The van der Waals surface area contributed by atoms with Crippen LogP contribution >= 0.6 is 0 Å². The predicted molar refractivity (Wildman–Crippen MR) is 137 cm³/mol. The zero-order valence-electron chi connectivity index (χ0n) is 20.6. The minimum atomic E-state index is -0.383. The number of carbonyl (C=O) groups is 1. The fourth-order valence-corrected chi connectivity index (χ4v) is 4.91. The number of benzene rings is 2. The lowest BCUT2D eigenvalue weighted by Gasteiger charge is -2.36. The lowest BCUT2D eigenvalue weighted by molar-refractivity contribution is -0.131. The standard InChI is InChI=1S/C28H30N2O5/c1-17-19(3)34-25-16-26-24(15-23(17)25)18(2)22(28(32)35-26)9-10-27(31)30-13-11-29(12-14-30)20-5-7-21(33-4)8-6-20/h5-8,15-16H,9-14H2,1-4H3. The van der Waals surface area contributed by atoms with E-state index in [4.69, 9.17) is 13.6 Å². The summed E-state index contributed by atoms with van der Waals surface area (Å²) >= 11 is 0. The number of ether oxygens (including phenoxy) is 1. The number of aryl methyl sites for hydroxylation is 3.